The van der Waals surface area contributed by atoms with Crippen molar-refractivity contribution in [3.63, 3.8) is 0 Å². The lowest BCUT2D eigenvalue weighted by Gasteiger charge is -2.04. The Hall–Kier alpha value is -1.12. The van der Waals surface area contributed by atoms with Crippen LogP contribution < -0.4 is 0 Å². The maximum atomic E-state index is 9.20. The van der Waals surface area contributed by atoms with E-state index in [1.54, 1.807) is 11.3 Å². The summed E-state index contributed by atoms with van der Waals surface area (Å²) in [6.45, 7) is 4.24. The molecule has 1 nitrogen and oxygen atoms in total. The van der Waals surface area contributed by atoms with E-state index in [-0.39, 0.29) is 6.61 Å². The van der Waals surface area contributed by atoms with Gasteiger partial charge in [0.05, 0.1) is 6.61 Å². The fraction of sp³-hybridized carbons (Fsp3) is 0.231. The van der Waals surface area contributed by atoms with E-state index in [1.807, 2.05) is 6.92 Å². The number of benzene rings is 1. The van der Waals surface area contributed by atoms with Gasteiger partial charge in [-0.15, -0.1) is 11.3 Å². The van der Waals surface area contributed by atoms with E-state index in [9.17, 15) is 5.11 Å². The zero-order chi connectivity index (χ0) is 10.8. The summed E-state index contributed by atoms with van der Waals surface area (Å²) in [6.07, 6.45) is 0. The number of rotatable bonds is 2. The van der Waals surface area contributed by atoms with Crippen molar-refractivity contribution in [2.24, 2.45) is 0 Å². The molecule has 1 N–H and O–H groups in total. The van der Waals surface area contributed by atoms with Crippen molar-refractivity contribution >= 4 is 11.3 Å². The minimum absolute atomic E-state index is 0.115. The predicted octanol–water partition coefficient (Wildman–Crippen LogP) is 3.52. The second-order valence-corrected chi connectivity index (χ2v) is 5.00. The molecule has 0 saturated heterocycles. The molecule has 0 fully saturated rings. The third-order valence-electron chi connectivity index (χ3n) is 2.54. The fourth-order valence-corrected chi connectivity index (χ4v) is 2.45. The molecule has 0 amide bonds. The summed E-state index contributed by atoms with van der Waals surface area (Å²) in [4.78, 5) is 2.58. The number of aryl methyl sites for hydroxylation is 2. The van der Waals surface area contributed by atoms with Crippen molar-refractivity contribution in [3.8, 4) is 10.4 Å². The van der Waals surface area contributed by atoms with Crippen LogP contribution in [0.3, 0.4) is 0 Å². The van der Waals surface area contributed by atoms with Crippen LogP contribution in [-0.4, -0.2) is 5.11 Å². The van der Waals surface area contributed by atoms with Crippen LogP contribution in [0.15, 0.2) is 30.3 Å². The standard InChI is InChI=1S/C13H14OS/c1-9-3-5-11(7-12(9)8-14)13-6-4-10(2)15-13/h3-7,14H,8H2,1-2H3. The summed E-state index contributed by atoms with van der Waals surface area (Å²) in [5.41, 5.74) is 3.36. The van der Waals surface area contributed by atoms with E-state index in [4.69, 9.17) is 0 Å². The number of hydrogen-bond donors (Lipinski definition) is 1. The Morgan fingerprint density at radius 3 is 2.53 bits per heavy atom. The minimum Gasteiger partial charge on any atom is -0.392 e. The van der Waals surface area contributed by atoms with E-state index < -0.39 is 0 Å². The molecule has 1 heterocycles. The topological polar surface area (TPSA) is 20.2 Å². The zero-order valence-electron chi connectivity index (χ0n) is 8.95. The molecule has 0 aliphatic rings. The van der Waals surface area contributed by atoms with E-state index >= 15 is 0 Å². The van der Waals surface area contributed by atoms with E-state index in [0.29, 0.717) is 0 Å². The highest BCUT2D eigenvalue weighted by Gasteiger charge is 2.03. The summed E-state index contributed by atoms with van der Waals surface area (Å²) >= 11 is 1.78. The van der Waals surface area contributed by atoms with Gasteiger partial charge in [-0.05, 0) is 48.7 Å². The largest absolute Gasteiger partial charge is 0.392 e. The second kappa shape index (κ2) is 4.17. The molecule has 1 aromatic heterocycles. The molecular formula is C13H14OS. The van der Waals surface area contributed by atoms with Gasteiger partial charge in [0.25, 0.3) is 0 Å². The van der Waals surface area contributed by atoms with Crippen molar-refractivity contribution in [1.82, 2.24) is 0 Å². The summed E-state index contributed by atoms with van der Waals surface area (Å²) in [6, 6.07) is 10.5. The maximum absolute atomic E-state index is 9.20. The Balaban J connectivity index is 2.45. The van der Waals surface area contributed by atoms with Crippen LogP contribution >= 0.6 is 11.3 Å². The quantitative estimate of drug-likeness (QED) is 0.817. The summed E-state index contributed by atoms with van der Waals surface area (Å²) in [5, 5.41) is 9.20. The molecular weight excluding hydrogens is 204 g/mol. The molecule has 0 atom stereocenters. The van der Waals surface area contributed by atoms with Gasteiger partial charge < -0.3 is 5.11 Å². The molecule has 0 bridgehead atoms. The fourth-order valence-electron chi connectivity index (χ4n) is 1.58. The molecule has 2 rings (SSSR count). The molecule has 0 saturated carbocycles. The first-order valence-electron chi connectivity index (χ1n) is 4.98. The Bertz CT molecular complexity index is 471. The van der Waals surface area contributed by atoms with Crippen LogP contribution in [0.1, 0.15) is 16.0 Å². The molecule has 2 heteroatoms. The van der Waals surface area contributed by atoms with Gasteiger partial charge >= 0.3 is 0 Å². The Kier molecular flexibility index (Phi) is 2.89. The molecule has 15 heavy (non-hydrogen) atoms. The van der Waals surface area contributed by atoms with Crippen LogP contribution in [0.2, 0.25) is 0 Å². The SMILES string of the molecule is Cc1ccc(-c2ccc(C)c(CO)c2)s1. The molecule has 1 aromatic carbocycles. The van der Waals surface area contributed by atoms with Gasteiger partial charge in [-0.25, -0.2) is 0 Å². The van der Waals surface area contributed by atoms with Crippen molar-refractivity contribution in [2.75, 3.05) is 0 Å². The van der Waals surface area contributed by atoms with Gasteiger partial charge in [0, 0.05) is 9.75 Å². The predicted molar refractivity (Wildman–Crippen MR) is 65.2 cm³/mol. The number of aliphatic hydroxyl groups is 1. The highest BCUT2D eigenvalue weighted by molar-refractivity contribution is 7.15. The van der Waals surface area contributed by atoms with Gasteiger partial charge in [-0.2, -0.15) is 0 Å². The number of thiophene rings is 1. The lowest BCUT2D eigenvalue weighted by Crippen LogP contribution is -1.88. The Labute approximate surface area is 94.0 Å². The van der Waals surface area contributed by atoms with Crippen LogP contribution in [0, 0.1) is 13.8 Å². The Morgan fingerprint density at radius 2 is 1.93 bits per heavy atom. The van der Waals surface area contributed by atoms with Crippen LogP contribution in [-0.2, 0) is 6.61 Å². The molecule has 0 radical (unpaired) electrons. The van der Waals surface area contributed by atoms with Gasteiger partial charge in [-0.1, -0.05) is 12.1 Å². The van der Waals surface area contributed by atoms with Gasteiger partial charge in [0.2, 0.25) is 0 Å². The minimum atomic E-state index is 0.115. The van der Waals surface area contributed by atoms with Crippen LogP contribution in [0.5, 0.6) is 0 Å². The zero-order valence-corrected chi connectivity index (χ0v) is 9.77. The van der Waals surface area contributed by atoms with Gasteiger partial charge in [0.15, 0.2) is 0 Å². The van der Waals surface area contributed by atoms with E-state index in [0.717, 1.165) is 11.1 Å². The Morgan fingerprint density at radius 1 is 1.13 bits per heavy atom. The third kappa shape index (κ3) is 2.11. The van der Waals surface area contributed by atoms with E-state index in [2.05, 4.69) is 37.3 Å². The first-order valence-corrected chi connectivity index (χ1v) is 5.79. The average molecular weight is 218 g/mol. The normalized spacial score (nSPS) is 10.6. The molecule has 0 aliphatic heterocycles. The molecule has 2 aromatic rings. The molecule has 0 spiro atoms. The number of aliphatic hydroxyl groups excluding tert-OH is 1. The summed E-state index contributed by atoms with van der Waals surface area (Å²) in [7, 11) is 0. The van der Waals surface area contributed by atoms with Crippen molar-refractivity contribution in [1.29, 1.82) is 0 Å². The maximum Gasteiger partial charge on any atom is 0.0684 e. The molecule has 0 aliphatic carbocycles. The molecule has 78 valence electrons. The monoisotopic (exact) mass is 218 g/mol. The third-order valence-corrected chi connectivity index (χ3v) is 3.59. The summed E-state index contributed by atoms with van der Waals surface area (Å²) in [5.74, 6) is 0. The smallest absolute Gasteiger partial charge is 0.0684 e. The van der Waals surface area contributed by atoms with Crippen LogP contribution in [0.4, 0.5) is 0 Å². The lowest BCUT2D eigenvalue weighted by atomic mass is 10.0. The highest BCUT2D eigenvalue weighted by Crippen LogP contribution is 2.29. The van der Waals surface area contributed by atoms with Crippen molar-refractivity contribution < 1.29 is 5.11 Å². The van der Waals surface area contributed by atoms with Crippen molar-refractivity contribution in [3.05, 3.63) is 46.3 Å². The van der Waals surface area contributed by atoms with Crippen molar-refractivity contribution in [2.45, 2.75) is 20.5 Å². The van der Waals surface area contributed by atoms with Gasteiger partial charge in [-0.3, -0.25) is 0 Å². The van der Waals surface area contributed by atoms with Gasteiger partial charge in [0.1, 0.15) is 0 Å². The van der Waals surface area contributed by atoms with Crippen LogP contribution in [0.25, 0.3) is 10.4 Å². The van der Waals surface area contributed by atoms with E-state index in [1.165, 1.54) is 15.3 Å². The first-order chi connectivity index (χ1) is 7.20. The number of hydrogen-bond acceptors (Lipinski definition) is 2. The molecule has 0 unspecified atom stereocenters. The first kappa shape index (κ1) is 10.4. The highest BCUT2D eigenvalue weighted by atomic mass is 32.1. The average Bonchev–Trinajstić information content (AvgIpc) is 2.66. The lowest BCUT2D eigenvalue weighted by molar-refractivity contribution is 0.281. The second-order valence-electron chi connectivity index (χ2n) is 3.71. The summed E-state index contributed by atoms with van der Waals surface area (Å²) < 4.78 is 0.